The van der Waals surface area contributed by atoms with Crippen molar-refractivity contribution in [3.05, 3.63) is 58.7 Å². The molecule has 2 aromatic carbocycles. The number of ether oxygens (including phenoxy) is 2. The van der Waals surface area contributed by atoms with E-state index >= 15 is 0 Å². The van der Waals surface area contributed by atoms with Gasteiger partial charge in [0, 0.05) is 34.3 Å². The van der Waals surface area contributed by atoms with Crippen LogP contribution in [0.4, 0.5) is 46.5 Å². The number of benzene rings is 2. The third kappa shape index (κ3) is 4.20. The molecule has 4 aliphatic rings. The predicted molar refractivity (Wildman–Crippen MR) is 126 cm³/mol. The second kappa shape index (κ2) is 9.30. The Kier molecular flexibility index (Phi) is 6.41. The zero-order valence-electron chi connectivity index (χ0n) is 20.2. The van der Waals surface area contributed by atoms with Gasteiger partial charge in [-0.2, -0.15) is 0 Å². The molecule has 2 heterocycles. The summed E-state index contributed by atoms with van der Waals surface area (Å²) in [5.74, 6) is -6.85. The van der Waals surface area contributed by atoms with Crippen molar-refractivity contribution < 1.29 is 44.6 Å². The number of amidine groups is 2. The van der Waals surface area contributed by atoms with Crippen LogP contribution in [0.15, 0.2) is 34.3 Å². The van der Waals surface area contributed by atoms with Crippen molar-refractivity contribution in [3.63, 3.8) is 0 Å². The first kappa shape index (κ1) is 27.6. The Morgan fingerprint density at radius 3 is 1.32 bits per heavy atom. The Morgan fingerprint density at radius 1 is 0.650 bits per heavy atom. The van der Waals surface area contributed by atoms with E-state index in [9.17, 15) is 35.1 Å². The zero-order valence-corrected chi connectivity index (χ0v) is 20.2. The van der Waals surface area contributed by atoms with Crippen molar-refractivity contribution in [1.82, 2.24) is 0 Å². The van der Waals surface area contributed by atoms with Gasteiger partial charge in [-0.25, -0.2) is 45.1 Å². The molecule has 16 heteroatoms. The van der Waals surface area contributed by atoms with Gasteiger partial charge in [0.1, 0.15) is 12.2 Å². The van der Waals surface area contributed by atoms with Crippen molar-refractivity contribution in [3.8, 4) is 0 Å². The Balaban J connectivity index is 0.000000161. The van der Waals surface area contributed by atoms with Gasteiger partial charge in [-0.1, -0.05) is 0 Å². The molecule has 2 aliphatic carbocycles. The Morgan fingerprint density at radius 2 is 1.00 bits per heavy atom. The van der Waals surface area contributed by atoms with E-state index < -0.39 is 94.4 Å². The molecule has 6 atom stereocenters. The SMILES string of the molecule is NC1=N[C@@](c2cc(N)cc(F)c2F)(C(F)F)[C@H]2C[C@H]2O1.NC1=N[C@](c2cc(N)cc(F)c2F)(C(F)F)[C@@H]2C[C@@H]2O1. The molecule has 0 amide bonds. The van der Waals surface area contributed by atoms with Crippen molar-refractivity contribution >= 4 is 23.4 Å². The zero-order chi connectivity index (χ0) is 29.3. The van der Waals surface area contributed by atoms with Crippen LogP contribution in [-0.2, 0) is 20.6 Å². The van der Waals surface area contributed by atoms with E-state index in [-0.39, 0.29) is 24.2 Å². The fraction of sp³-hybridized carbons (Fsp3) is 0.417. The number of nitrogen functional groups attached to an aromatic ring is 2. The standard InChI is InChI=1S/2C12H11F4N3O/c2*13-7-2-4(17)1-6(9(7)14)12(10(15)16)5-3-8(5)20-11(18)19-12/h2*1-2,5,8,10H,3,17H2,(H2,18,19)/t2*5-,8+,12-/m10/s1. The van der Waals surface area contributed by atoms with E-state index in [0.717, 1.165) is 24.3 Å². The second-order valence-electron chi connectivity index (χ2n) is 9.88. The highest BCUT2D eigenvalue weighted by Gasteiger charge is 2.65. The van der Waals surface area contributed by atoms with Gasteiger partial charge in [0.05, 0.1) is 0 Å². The number of nitrogens with zero attached hydrogens (tertiary/aromatic N) is 2. The van der Waals surface area contributed by atoms with Gasteiger partial charge in [0.2, 0.25) is 0 Å². The van der Waals surface area contributed by atoms with E-state index in [1.54, 1.807) is 0 Å². The maximum Gasteiger partial charge on any atom is 0.283 e. The summed E-state index contributed by atoms with van der Waals surface area (Å²) in [5, 5.41) is 0. The number of nitrogens with two attached hydrogens (primary N) is 4. The highest BCUT2D eigenvalue weighted by molar-refractivity contribution is 5.75. The maximum absolute atomic E-state index is 14.0. The minimum absolute atomic E-state index is 0.156. The van der Waals surface area contributed by atoms with Crippen LogP contribution in [0.5, 0.6) is 0 Å². The normalized spacial score (nSPS) is 31.6. The molecule has 8 N–H and O–H groups in total. The van der Waals surface area contributed by atoms with Crippen LogP contribution >= 0.6 is 0 Å². The number of aliphatic imine (C=N–C) groups is 2. The summed E-state index contributed by atoms with van der Waals surface area (Å²) in [6.07, 6.45) is -6.71. The molecule has 0 bridgehead atoms. The third-order valence-corrected chi connectivity index (χ3v) is 7.36. The van der Waals surface area contributed by atoms with E-state index in [4.69, 9.17) is 32.4 Å². The molecular formula is C24H22F8N6O2. The van der Waals surface area contributed by atoms with Crippen LogP contribution in [0.2, 0.25) is 0 Å². The molecule has 2 aliphatic heterocycles. The molecule has 0 radical (unpaired) electrons. The van der Waals surface area contributed by atoms with E-state index in [2.05, 4.69) is 9.98 Å². The number of hydrogen-bond donors (Lipinski definition) is 4. The van der Waals surface area contributed by atoms with Gasteiger partial charge in [-0.15, -0.1) is 0 Å². The van der Waals surface area contributed by atoms with Crippen LogP contribution in [0.3, 0.4) is 0 Å². The van der Waals surface area contributed by atoms with Crippen LogP contribution < -0.4 is 22.9 Å². The van der Waals surface area contributed by atoms with Crippen LogP contribution in [0.1, 0.15) is 24.0 Å². The molecule has 40 heavy (non-hydrogen) atoms. The summed E-state index contributed by atoms with van der Waals surface area (Å²) in [5.41, 5.74) is 15.6. The lowest BCUT2D eigenvalue weighted by atomic mass is 9.84. The van der Waals surface area contributed by atoms with E-state index in [1.807, 2.05) is 0 Å². The van der Waals surface area contributed by atoms with Gasteiger partial charge in [-0.3, -0.25) is 0 Å². The first-order valence-electron chi connectivity index (χ1n) is 11.8. The van der Waals surface area contributed by atoms with Gasteiger partial charge >= 0.3 is 0 Å². The molecule has 216 valence electrons. The molecule has 8 nitrogen and oxygen atoms in total. The monoisotopic (exact) mass is 578 g/mol. The Hall–Kier alpha value is -3.98. The summed E-state index contributed by atoms with van der Waals surface area (Å²) in [6.45, 7) is 0. The topological polar surface area (TPSA) is 147 Å². The Labute approximate surface area is 221 Å². The van der Waals surface area contributed by atoms with E-state index in [1.165, 1.54) is 0 Å². The highest BCUT2D eigenvalue weighted by Crippen LogP contribution is 2.57. The average Bonchev–Trinajstić information content (AvgIpc) is 3.78. The lowest BCUT2D eigenvalue weighted by molar-refractivity contribution is 0.0173. The molecule has 6 rings (SSSR count). The number of alkyl halides is 4. The second-order valence-corrected chi connectivity index (χ2v) is 9.88. The van der Waals surface area contributed by atoms with Crippen LogP contribution in [0, 0.1) is 35.1 Å². The van der Waals surface area contributed by atoms with Crippen molar-refractivity contribution in [1.29, 1.82) is 0 Å². The molecule has 2 saturated carbocycles. The minimum Gasteiger partial charge on any atom is -0.462 e. The van der Waals surface area contributed by atoms with Crippen molar-refractivity contribution in [2.45, 2.75) is 49.0 Å². The molecule has 0 saturated heterocycles. The fourth-order valence-corrected chi connectivity index (χ4v) is 5.40. The highest BCUT2D eigenvalue weighted by atomic mass is 19.3. The summed E-state index contributed by atoms with van der Waals surface area (Å²) in [6, 6.07) is 2.51. The predicted octanol–water partition coefficient (Wildman–Crippen LogP) is 3.48. The number of fused-ring (bicyclic) bond motifs is 2. The number of halogens is 8. The number of hydrogen-bond acceptors (Lipinski definition) is 8. The minimum atomic E-state index is -3.06. The third-order valence-electron chi connectivity index (χ3n) is 7.36. The quantitative estimate of drug-likeness (QED) is 0.323. The smallest absolute Gasteiger partial charge is 0.283 e. The van der Waals surface area contributed by atoms with Crippen molar-refractivity contribution in [2.75, 3.05) is 11.5 Å². The Bertz CT molecular complexity index is 1320. The van der Waals surface area contributed by atoms with Gasteiger partial charge in [0.15, 0.2) is 34.3 Å². The van der Waals surface area contributed by atoms with Crippen molar-refractivity contribution in [2.24, 2.45) is 33.3 Å². The summed E-state index contributed by atoms with van der Waals surface area (Å²) in [4.78, 5) is 7.22. The van der Waals surface area contributed by atoms with Crippen LogP contribution in [0.25, 0.3) is 0 Å². The lowest BCUT2D eigenvalue weighted by Crippen LogP contribution is -2.43. The molecule has 2 fully saturated rings. The van der Waals surface area contributed by atoms with Gasteiger partial charge in [-0.05, 0) is 37.1 Å². The van der Waals surface area contributed by atoms with Gasteiger partial charge in [0.25, 0.3) is 24.9 Å². The van der Waals surface area contributed by atoms with Crippen LogP contribution in [-0.4, -0.2) is 37.1 Å². The molecule has 2 aromatic rings. The average molecular weight is 578 g/mol. The largest absolute Gasteiger partial charge is 0.462 e. The first-order chi connectivity index (χ1) is 18.7. The summed E-state index contributed by atoms with van der Waals surface area (Å²) < 4.78 is 119. The van der Waals surface area contributed by atoms with E-state index in [0.29, 0.717) is 0 Å². The molecule has 0 aromatic heterocycles. The lowest BCUT2D eigenvalue weighted by Gasteiger charge is -2.33. The first-order valence-corrected chi connectivity index (χ1v) is 11.8. The number of rotatable bonds is 4. The maximum atomic E-state index is 14.0. The molecular weight excluding hydrogens is 556 g/mol. The van der Waals surface area contributed by atoms with Gasteiger partial charge < -0.3 is 32.4 Å². The number of anilines is 2. The molecule has 0 unspecified atom stereocenters. The fourth-order valence-electron chi connectivity index (χ4n) is 5.40. The summed E-state index contributed by atoms with van der Waals surface area (Å²) >= 11 is 0. The summed E-state index contributed by atoms with van der Waals surface area (Å²) in [7, 11) is 0. The molecule has 0 spiro atoms.